The van der Waals surface area contributed by atoms with Gasteiger partial charge in [-0.05, 0) is 24.3 Å². The van der Waals surface area contributed by atoms with E-state index in [4.69, 9.17) is 16.7 Å². The van der Waals surface area contributed by atoms with Crippen molar-refractivity contribution in [3.8, 4) is 5.75 Å². The van der Waals surface area contributed by atoms with Crippen molar-refractivity contribution in [1.82, 2.24) is 5.32 Å². The van der Waals surface area contributed by atoms with Gasteiger partial charge in [0.2, 0.25) is 0 Å². The van der Waals surface area contributed by atoms with Crippen LogP contribution in [-0.4, -0.2) is 23.4 Å². The van der Waals surface area contributed by atoms with Crippen molar-refractivity contribution in [2.45, 2.75) is 33.2 Å². The molecule has 0 aliphatic rings. The van der Waals surface area contributed by atoms with Crippen LogP contribution in [0.3, 0.4) is 0 Å². The second kappa shape index (κ2) is 6.98. The van der Waals surface area contributed by atoms with Gasteiger partial charge in [-0.2, -0.15) is 0 Å². The number of benzene rings is 1. The van der Waals surface area contributed by atoms with Crippen LogP contribution in [0, 0.1) is 5.41 Å². The number of para-hydroxylation sites is 1. The summed E-state index contributed by atoms with van der Waals surface area (Å²) >= 11 is 5.85. The van der Waals surface area contributed by atoms with Crippen LogP contribution in [-0.2, 0) is 6.54 Å². The zero-order chi connectivity index (χ0) is 13.6. The van der Waals surface area contributed by atoms with Gasteiger partial charge in [0.05, 0.1) is 5.02 Å². The number of aliphatic hydroxyl groups excluding tert-OH is 1. The van der Waals surface area contributed by atoms with Crippen LogP contribution in [0.4, 0.5) is 0 Å². The van der Waals surface area contributed by atoms with E-state index in [9.17, 15) is 5.11 Å². The van der Waals surface area contributed by atoms with Crippen LogP contribution in [0.1, 0.15) is 32.3 Å². The van der Waals surface area contributed by atoms with E-state index in [2.05, 4.69) is 19.2 Å². The molecule has 0 aliphatic carbocycles. The standard InChI is InChI=1S/C14H22ClNO2/c1-14(2,7-4-8-17)10-16-9-11-5-3-6-12(15)13(11)18/h3,5-6,16-18H,4,7-10H2,1-2H3. The summed E-state index contributed by atoms with van der Waals surface area (Å²) in [6, 6.07) is 5.36. The highest BCUT2D eigenvalue weighted by molar-refractivity contribution is 6.32. The van der Waals surface area contributed by atoms with Gasteiger partial charge in [-0.3, -0.25) is 0 Å². The van der Waals surface area contributed by atoms with Gasteiger partial charge in [-0.25, -0.2) is 0 Å². The second-order valence-electron chi connectivity index (χ2n) is 5.34. The van der Waals surface area contributed by atoms with Gasteiger partial charge in [-0.1, -0.05) is 37.6 Å². The van der Waals surface area contributed by atoms with E-state index in [-0.39, 0.29) is 17.8 Å². The van der Waals surface area contributed by atoms with Crippen molar-refractivity contribution in [3.63, 3.8) is 0 Å². The van der Waals surface area contributed by atoms with Crippen LogP contribution >= 0.6 is 11.6 Å². The first-order valence-electron chi connectivity index (χ1n) is 6.24. The highest BCUT2D eigenvalue weighted by atomic mass is 35.5. The first kappa shape index (κ1) is 15.3. The van der Waals surface area contributed by atoms with E-state index >= 15 is 0 Å². The lowest BCUT2D eigenvalue weighted by molar-refractivity contribution is 0.236. The van der Waals surface area contributed by atoms with Gasteiger partial charge in [-0.15, -0.1) is 0 Å². The maximum Gasteiger partial charge on any atom is 0.138 e. The summed E-state index contributed by atoms with van der Waals surface area (Å²) in [6.45, 7) is 5.98. The van der Waals surface area contributed by atoms with Gasteiger partial charge in [0.1, 0.15) is 5.75 Å². The number of halogens is 1. The monoisotopic (exact) mass is 271 g/mol. The van der Waals surface area contributed by atoms with Gasteiger partial charge >= 0.3 is 0 Å². The lowest BCUT2D eigenvalue weighted by atomic mass is 9.88. The zero-order valence-electron chi connectivity index (χ0n) is 11.0. The first-order valence-corrected chi connectivity index (χ1v) is 6.62. The zero-order valence-corrected chi connectivity index (χ0v) is 11.8. The molecular weight excluding hydrogens is 250 g/mol. The summed E-state index contributed by atoms with van der Waals surface area (Å²) in [5, 5.41) is 22.3. The van der Waals surface area contributed by atoms with Crippen LogP contribution in [0.2, 0.25) is 5.02 Å². The molecule has 0 fully saturated rings. The topological polar surface area (TPSA) is 52.5 Å². The van der Waals surface area contributed by atoms with Crippen molar-refractivity contribution in [2.24, 2.45) is 5.41 Å². The number of rotatable bonds is 7. The summed E-state index contributed by atoms with van der Waals surface area (Å²) < 4.78 is 0. The largest absolute Gasteiger partial charge is 0.506 e. The third-order valence-corrected chi connectivity index (χ3v) is 3.31. The molecule has 0 radical (unpaired) electrons. The summed E-state index contributed by atoms with van der Waals surface area (Å²) in [5.41, 5.74) is 0.942. The Morgan fingerprint density at radius 1 is 1.33 bits per heavy atom. The summed E-state index contributed by atoms with van der Waals surface area (Å²) in [7, 11) is 0. The fraction of sp³-hybridized carbons (Fsp3) is 0.571. The van der Waals surface area contributed by atoms with E-state index in [0.29, 0.717) is 11.6 Å². The number of phenolic OH excluding ortho intramolecular Hbond substituents is 1. The highest BCUT2D eigenvalue weighted by Crippen LogP contribution is 2.27. The predicted octanol–water partition coefficient (Wildman–Crippen LogP) is 2.93. The molecule has 0 bridgehead atoms. The van der Waals surface area contributed by atoms with Gasteiger partial charge in [0.25, 0.3) is 0 Å². The lowest BCUT2D eigenvalue weighted by Crippen LogP contribution is -2.29. The maximum atomic E-state index is 9.76. The molecule has 0 saturated heterocycles. The van der Waals surface area contributed by atoms with Gasteiger partial charge < -0.3 is 15.5 Å². The Morgan fingerprint density at radius 2 is 2.06 bits per heavy atom. The third-order valence-electron chi connectivity index (χ3n) is 3.00. The maximum absolute atomic E-state index is 9.76. The average Bonchev–Trinajstić information content (AvgIpc) is 2.32. The van der Waals surface area contributed by atoms with Crippen LogP contribution in [0.5, 0.6) is 5.75 Å². The molecule has 1 rings (SSSR count). The molecule has 0 spiro atoms. The van der Waals surface area contributed by atoms with Crippen molar-refractivity contribution >= 4 is 11.6 Å². The molecule has 0 amide bonds. The number of hydrogen-bond acceptors (Lipinski definition) is 3. The Hall–Kier alpha value is -0.770. The number of hydrogen-bond donors (Lipinski definition) is 3. The normalized spacial score (nSPS) is 11.8. The van der Waals surface area contributed by atoms with Crippen molar-refractivity contribution in [2.75, 3.05) is 13.2 Å². The van der Waals surface area contributed by atoms with Crippen LogP contribution in [0.25, 0.3) is 0 Å². The van der Waals surface area contributed by atoms with E-state index in [1.54, 1.807) is 6.07 Å². The van der Waals surface area contributed by atoms with E-state index in [1.807, 2.05) is 12.1 Å². The number of aliphatic hydroxyl groups is 1. The van der Waals surface area contributed by atoms with Crippen molar-refractivity contribution in [1.29, 1.82) is 0 Å². The lowest BCUT2D eigenvalue weighted by Gasteiger charge is -2.24. The van der Waals surface area contributed by atoms with Crippen LogP contribution in [0.15, 0.2) is 18.2 Å². The number of aromatic hydroxyl groups is 1. The Kier molecular flexibility index (Phi) is 5.93. The molecule has 102 valence electrons. The van der Waals surface area contributed by atoms with Gasteiger partial charge in [0, 0.05) is 25.3 Å². The quantitative estimate of drug-likeness (QED) is 0.715. The molecule has 3 N–H and O–H groups in total. The molecular formula is C14H22ClNO2. The minimum Gasteiger partial charge on any atom is -0.506 e. The number of phenols is 1. The SMILES string of the molecule is CC(C)(CCCO)CNCc1cccc(Cl)c1O. The molecule has 3 nitrogen and oxygen atoms in total. The second-order valence-corrected chi connectivity index (χ2v) is 5.75. The predicted molar refractivity (Wildman–Crippen MR) is 74.9 cm³/mol. The Bertz CT molecular complexity index is 380. The van der Waals surface area contributed by atoms with Crippen LogP contribution < -0.4 is 5.32 Å². The molecule has 1 aromatic rings. The molecule has 0 aliphatic heterocycles. The minimum absolute atomic E-state index is 0.136. The average molecular weight is 272 g/mol. The Morgan fingerprint density at radius 3 is 2.72 bits per heavy atom. The van der Waals surface area contributed by atoms with Gasteiger partial charge in [0.15, 0.2) is 0 Å². The molecule has 18 heavy (non-hydrogen) atoms. The fourth-order valence-corrected chi connectivity index (χ4v) is 2.08. The molecule has 1 aromatic carbocycles. The third kappa shape index (κ3) is 4.84. The molecule has 0 heterocycles. The summed E-state index contributed by atoms with van der Waals surface area (Å²) in [5.74, 6) is 0.153. The van der Waals surface area contributed by atoms with Crippen molar-refractivity contribution < 1.29 is 10.2 Å². The van der Waals surface area contributed by atoms with E-state index in [1.165, 1.54) is 0 Å². The van der Waals surface area contributed by atoms with E-state index < -0.39 is 0 Å². The molecule has 0 saturated carbocycles. The minimum atomic E-state index is 0.136. The summed E-state index contributed by atoms with van der Waals surface area (Å²) in [6.07, 6.45) is 1.79. The Labute approximate surface area is 114 Å². The summed E-state index contributed by atoms with van der Waals surface area (Å²) in [4.78, 5) is 0. The molecule has 4 heteroatoms. The van der Waals surface area contributed by atoms with Crippen molar-refractivity contribution in [3.05, 3.63) is 28.8 Å². The number of nitrogens with one attached hydrogen (secondary N) is 1. The molecule has 0 aromatic heterocycles. The van der Waals surface area contributed by atoms with E-state index in [0.717, 1.165) is 24.9 Å². The first-order chi connectivity index (χ1) is 8.46. The highest BCUT2D eigenvalue weighted by Gasteiger charge is 2.16. The molecule has 0 unspecified atom stereocenters. The smallest absolute Gasteiger partial charge is 0.138 e. The molecule has 0 atom stereocenters. The fourth-order valence-electron chi connectivity index (χ4n) is 1.88. The Balaban J connectivity index is 2.44.